The Morgan fingerprint density at radius 1 is 1.19 bits per heavy atom. The zero-order valence-electron chi connectivity index (χ0n) is 11.4. The Morgan fingerprint density at radius 2 is 1.81 bits per heavy atom. The highest BCUT2D eigenvalue weighted by atomic mass is 32.1. The maximum Gasteiger partial charge on any atom is 0.326 e. The number of carbonyl (C=O) groups is 1. The molecule has 0 amide bonds. The summed E-state index contributed by atoms with van der Waals surface area (Å²) in [6.45, 7) is 1.84. The first-order chi connectivity index (χ1) is 10.2. The minimum absolute atomic E-state index is 0.0221. The molecule has 21 heavy (non-hydrogen) atoms. The van der Waals surface area contributed by atoms with Crippen molar-refractivity contribution >= 4 is 30.0 Å². The van der Waals surface area contributed by atoms with Gasteiger partial charge in [-0.15, -0.1) is 5.11 Å². The largest absolute Gasteiger partial charge is 0.390 e. The lowest BCUT2D eigenvalue weighted by molar-refractivity contribution is -0.134. The van der Waals surface area contributed by atoms with E-state index in [4.69, 9.17) is 4.74 Å². The predicted molar refractivity (Wildman–Crippen MR) is 81.4 cm³/mol. The summed E-state index contributed by atoms with van der Waals surface area (Å²) >= 11 is 4.09. The molecule has 0 aliphatic rings. The molecule has 0 N–H and O–H groups in total. The number of carbonyl (C=O) groups excluding carboxylic acids is 1. The quantitative estimate of drug-likeness (QED) is 0.521. The van der Waals surface area contributed by atoms with E-state index in [1.165, 1.54) is 12.4 Å². The number of nitrogens with zero attached hydrogens (tertiary/aromatic N) is 4. The summed E-state index contributed by atoms with van der Waals surface area (Å²) in [5, 5.41) is 7.55. The zero-order valence-corrected chi connectivity index (χ0v) is 12.3. The van der Waals surface area contributed by atoms with Gasteiger partial charge in [0, 0.05) is 0 Å². The van der Waals surface area contributed by atoms with Crippen molar-refractivity contribution in [1.29, 1.82) is 0 Å². The summed E-state index contributed by atoms with van der Waals surface area (Å²) in [5.74, 6) is -0.473. The van der Waals surface area contributed by atoms with Gasteiger partial charge in [-0.2, -0.15) is 17.7 Å². The van der Waals surface area contributed by atoms with Gasteiger partial charge in [-0.05, 0) is 18.6 Å². The smallest absolute Gasteiger partial charge is 0.326 e. The molecule has 1 unspecified atom stereocenters. The molecule has 6 nitrogen and oxygen atoms in total. The lowest BCUT2D eigenvalue weighted by atomic mass is 10.3. The summed E-state index contributed by atoms with van der Waals surface area (Å²) in [6, 6.07) is 9.28. The molecule has 0 aliphatic heterocycles. The highest BCUT2D eigenvalue weighted by Gasteiger charge is 2.15. The average molecular weight is 302 g/mol. The molecule has 0 saturated heterocycles. The van der Waals surface area contributed by atoms with E-state index in [2.05, 4.69) is 32.8 Å². The molecule has 1 aromatic heterocycles. The Kier molecular flexibility index (Phi) is 5.39. The van der Waals surface area contributed by atoms with Crippen LogP contribution in [0, 0.1) is 0 Å². The minimum atomic E-state index is -0.481. The highest BCUT2D eigenvalue weighted by Crippen LogP contribution is 2.17. The first kappa shape index (κ1) is 15.1. The summed E-state index contributed by atoms with van der Waals surface area (Å²) in [7, 11) is 0. The Morgan fingerprint density at radius 3 is 2.43 bits per heavy atom. The van der Waals surface area contributed by atoms with Gasteiger partial charge in [-0.3, -0.25) is 4.79 Å². The fourth-order valence-corrected chi connectivity index (χ4v) is 1.40. The maximum absolute atomic E-state index is 11.5. The first-order valence-corrected chi connectivity index (χ1v) is 6.89. The lowest BCUT2D eigenvalue weighted by Gasteiger charge is -2.05. The van der Waals surface area contributed by atoms with Crippen LogP contribution in [-0.4, -0.2) is 21.2 Å². The van der Waals surface area contributed by atoms with Gasteiger partial charge in [0.25, 0.3) is 0 Å². The van der Waals surface area contributed by atoms with Crippen LogP contribution in [0.25, 0.3) is 0 Å². The molecule has 2 aromatic rings. The number of rotatable bonds is 5. The maximum atomic E-state index is 11.5. The van der Waals surface area contributed by atoms with Gasteiger partial charge in [-0.25, -0.2) is 9.97 Å². The summed E-state index contributed by atoms with van der Waals surface area (Å²) < 4.78 is 4.97. The molecule has 0 bridgehead atoms. The van der Waals surface area contributed by atoms with Crippen molar-refractivity contribution in [3.63, 3.8) is 0 Å². The molecular weight excluding hydrogens is 288 g/mol. The number of ether oxygens (including phenoxy) is 1. The van der Waals surface area contributed by atoms with Crippen molar-refractivity contribution in [1.82, 2.24) is 9.97 Å². The topological polar surface area (TPSA) is 76.8 Å². The van der Waals surface area contributed by atoms with Crippen molar-refractivity contribution in [3.05, 3.63) is 42.7 Å². The standard InChI is InChI=1S/C14H14N4O2S/c1-2-12(21)13(19)20-14-15-8-11(9-16-14)18-17-10-6-4-3-5-7-10/h3-9,12,21H,2H2,1H3. The van der Waals surface area contributed by atoms with Crippen molar-refractivity contribution < 1.29 is 9.53 Å². The zero-order chi connectivity index (χ0) is 15.1. The van der Waals surface area contributed by atoms with Crippen LogP contribution in [0.2, 0.25) is 0 Å². The second kappa shape index (κ2) is 7.49. The van der Waals surface area contributed by atoms with Crippen LogP contribution in [0.1, 0.15) is 13.3 Å². The second-order valence-electron chi connectivity index (χ2n) is 4.10. The van der Waals surface area contributed by atoms with Crippen LogP contribution in [0.15, 0.2) is 53.0 Å². The fraction of sp³-hybridized carbons (Fsp3) is 0.214. The molecule has 0 aliphatic carbocycles. The molecule has 2 rings (SSSR count). The second-order valence-corrected chi connectivity index (χ2v) is 4.73. The van der Waals surface area contributed by atoms with Gasteiger partial charge in [0.15, 0.2) is 0 Å². The van der Waals surface area contributed by atoms with E-state index in [0.29, 0.717) is 12.1 Å². The number of esters is 1. The molecule has 1 atom stereocenters. The van der Waals surface area contributed by atoms with Gasteiger partial charge in [-0.1, -0.05) is 25.1 Å². The number of azo groups is 1. The van der Waals surface area contributed by atoms with Crippen LogP contribution in [0.5, 0.6) is 6.01 Å². The molecule has 0 radical (unpaired) electrons. The van der Waals surface area contributed by atoms with E-state index >= 15 is 0 Å². The van der Waals surface area contributed by atoms with Crippen LogP contribution in [0.3, 0.4) is 0 Å². The number of hydrogen-bond acceptors (Lipinski definition) is 7. The Bertz CT molecular complexity index is 617. The molecule has 0 fully saturated rings. The SMILES string of the molecule is CCC(S)C(=O)Oc1ncc(N=Nc2ccccc2)cn1. The summed E-state index contributed by atoms with van der Waals surface area (Å²) in [4.78, 5) is 19.3. The fourth-order valence-electron chi connectivity index (χ4n) is 1.35. The molecule has 0 spiro atoms. The third-order valence-corrected chi connectivity index (χ3v) is 3.08. The number of thiol groups is 1. The highest BCUT2D eigenvalue weighted by molar-refractivity contribution is 7.81. The third kappa shape index (κ3) is 4.64. The van der Waals surface area contributed by atoms with Crippen molar-refractivity contribution in [2.24, 2.45) is 10.2 Å². The molecule has 7 heteroatoms. The first-order valence-electron chi connectivity index (χ1n) is 6.37. The monoisotopic (exact) mass is 302 g/mol. The van der Waals surface area contributed by atoms with E-state index in [9.17, 15) is 4.79 Å². The van der Waals surface area contributed by atoms with E-state index < -0.39 is 11.2 Å². The van der Waals surface area contributed by atoms with Gasteiger partial charge in [0.2, 0.25) is 0 Å². The van der Waals surface area contributed by atoms with Crippen LogP contribution < -0.4 is 4.74 Å². The Balaban J connectivity index is 1.99. The van der Waals surface area contributed by atoms with E-state index in [1.54, 1.807) is 0 Å². The predicted octanol–water partition coefficient (Wildman–Crippen LogP) is 3.51. The van der Waals surface area contributed by atoms with Crippen LogP contribution >= 0.6 is 12.6 Å². The van der Waals surface area contributed by atoms with E-state index in [-0.39, 0.29) is 6.01 Å². The van der Waals surface area contributed by atoms with Crippen molar-refractivity contribution in [2.45, 2.75) is 18.6 Å². The van der Waals surface area contributed by atoms with Gasteiger partial charge < -0.3 is 4.74 Å². The molecule has 1 heterocycles. The van der Waals surface area contributed by atoms with E-state index in [1.807, 2.05) is 37.3 Å². The van der Waals surface area contributed by atoms with Crippen LogP contribution in [0.4, 0.5) is 11.4 Å². The third-order valence-electron chi connectivity index (χ3n) is 2.50. The Hall–Kier alpha value is -2.28. The lowest BCUT2D eigenvalue weighted by Crippen LogP contribution is -2.20. The summed E-state index contributed by atoms with van der Waals surface area (Å²) in [6.07, 6.45) is 3.44. The van der Waals surface area contributed by atoms with Gasteiger partial charge >= 0.3 is 12.0 Å². The van der Waals surface area contributed by atoms with Gasteiger partial charge in [0.1, 0.15) is 5.69 Å². The van der Waals surface area contributed by atoms with Crippen molar-refractivity contribution in [3.8, 4) is 6.01 Å². The van der Waals surface area contributed by atoms with E-state index in [0.717, 1.165) is 5.69 Å². The number of hydrogen-bond donors (Lipinski definition) is 1. The molecule has 108 valence electrons. The number of benzene rings is 1. The molecule has 1 aromatic carbocycles. The van der Waals surface area contributed by atoms with Crippen LogP contribution in [-0.2, 0) is 4.79 Å². The summed E-state index contributed by atoms with van der Waals surface area (Å²) in [5.41, 5.74) is 1.20. The van der Waals surface area contributed by atoms with Gasteiger partial charge in [0.05, 0.1) is 23.3 Å². The molecular formula is C14H14N4O2S. The average Bonchev–Trinajstić information content (AvgIpc) is 2.54. The van der Waals surface area contributed by atoms with Crippen molar-refractivity contribution in [2.75, 3.05) is 0 Å². The number of aromatic nitrogens is 2. The Labute approximate surface area is 127 Å². The minimum Gasteiger partial charge on any atom is -0.390 e. The normalized spacial score (nSPS) is 12.3. The molecule has 0 saturated carbocycles.